The summed E-state index contributed by atoms with van der Waals surface area (Å²) in [6.45, 7) is 0. The second kappa shape index (κ2) is 10.3. The lowest BCUT2D eigenvalue weighted by Gasteiger charge is -2.20. The van der Waals surface area contributed by atoms with E-state index in [0.717, 1.165) is 24.0 Å². The number of benzene rings is 1. The summed E-state index contributed by atoms with van der Waals surface area (Å²) in [7, 11) is 0. The molecule has 2 aromatic rings. The quantitative estimate of drug-likeness (QED) is 0.497. The Morgan fingerprint density at radius 1 is 1.36 bits per heavy atom. The van der Waals surface area contributed by atoms with Gasteiger partial charge in [-0.1, -0.05) is 60.2 Å². The number of carbonyl (C=O) groups is 1. The van der Waals surface area contributed by atoms with Crippen LogP contribution < -0.4 is 5.32 Å². The van der Waals surface area contributed by atoms with Gasteiger partial charge in [-0.25, -0.2) is 4.98 Å². The van der Waals surface area contributed by atoms with Crippen LogP contribution in [0, 0.1) is 5.92 Å². The molecule has 1 aliphatic rings. The maximum absolute atomic E-state index is 13.0. The minimum Gasteiger partial charge on any atom is -0.772 e. The number of hydrogen-bond donors (Lipinski definition) is 1. The maximum atomic E-state index is 13.0. The molecule has 5 nitrogen and oxygen atoms in total. The predicted molar refractivity (Wildman–Crippen MR) is 114 cm³/mol. The molecule has 0 spiro atoms. The number of nitrogens with one attached hydrogen (secondary N) is 1. The molecular weight excluding hydrogens is 416 g/mol. The van der Waals surface area contributed by atoms with Gasteiger partial charge in [-0.15, -0.1) is 11.3 Å². The van der Waals surface area contributed by atoms with Gasteiger partial charge in [0.1, 0.15) is 0 Å². The van der Waals surface area contributed by atoms with E-state index in [4.69, 9.17) is 11.6 Å². The number of anilines is 1. The van der Waals surface area contributed by atoms with Crippen LogP contribution in [0.25, 0.3) is 5.57 Å². The van der Waals surface area contributed by atoms with Gasteiger partial charge in [-0.2, -0.15) is 0 Å². The third-order valence-electron chi connectivity index (χ3n) is 4.85. The summed E-state index contributed by atoms with van der Waals surface area (Å²) in [5.74, 6) is 0.186. The summed E-state index contributed by atoms with van der Waals surface area (Å²) < 4.78 is 21.6. The van der Waals surface area contributed by atoms with Gasteiger partial charge >= 0.3 is 0 Å². The fourth-order valence-electron chi connectivity index (χ4n) is 3.40. The second-order valence-electron chi connectivity index (χ2n) is 6.83. The number of hydrogen-bond acceptors (Lipinski definition) is 5. The molecular formula is C20H22ClN2O3S2-. The van der Waals surface area contributed by atoms with E-state index in [9.17, 15) is 13.6 Å². The first-order valence-electron chi connectivity index (χ1n) is 9.30. The lowest BCUT2D eigenvalue weighted by atomic mass is 9.86. The molecule has 1 fully saturated rings. The Kier molecular flexibility index (Phi) is 7.79. The molecule has 0 bridgehead atoms. The average molecular weight is 438 g/mol. The molecule has 28 heavy (non-hydrogen) atoms. The number of aromatic nitrogens is 1. The highest BCUT2D eigenvalue weighted by molar-refractivity contribution is 7.79. The molecule has 1 aromatic carbocycles. The van der Waals surface area contributed by atoms with Gasteiger partial charge in [0.2, 0.25) is 0 Å². The average Bonchev–Trinajstić information content (AvgIpc) is 3.18. The van der Waals surface area contributed by atoms with Crippen molar-refractivity contribution in [3.63, 3.8) is 0 Å². The minimum absolute atomic E-state index is 0.0222. The Morgan fingerprint density at radius 2 is 2.14 bits per heavy atom. The van der Waals surface area contributed by atoms with Gasteiger partial charge in [0.05, 0.1) is 0 Å². The van der Waals surface area contributed by atoms with E-state index >= 15 is 0 Å². The molecule has 0 saturated heterocycles. The third kappa shape index (κ3) is 5.98. The molecule has 1 heterocycles. The SMILES string of the molecule is O=C(Nc1nccs1)/C(=C/C1CCCCC1)c1ccc(CCS(=O)[O-])c(Cl)c1. The molecule has 1 unspecified atom stereocenters. The molecule has 1 saturated carbocycles. The van der Waals surface area contributed by atoms with Gasteiger partial charge in [-0.05, 0) is 42.4 Å². The highest BCUT2D eigenvalue weighted by atomic mass is 35.5. The minimum atomic E-state index is -2.11. The highest BCUT2D eigenvalue weighted by Gasteiger charge is 2.19. The Balaban J connectivity index is 1.87. The smallest absolute Gasteiger partial charge is 0.257 e. The van der Waals surface area contributed by atoms with Crippen LogP contribution in [0.4, 0.5) is 5.13 Å². The summed E-state index contributed by atoms with van der Waals surface area (Å²) in [6.07, 6.45) is 9.80. The van der Waals surface area contributed by atoms with Crippen LogP contribution >= 0.6 is 22.9 Å². The van der Waals surface area contributed by atoms with E-state index in [0.29, 0.717) is 28.1 Å². The van der Waals surface area contributed by atoms with Crippen LogP contribution in [0.3, 0.4) is 0 Å². The number of nitrogens with zero attached hydrogens (tertiary/aromatic N) is 1. The lowest BCUT2D eigenvalue weighted by Crippen LogP contribution is -2.15. The largest absolute Gasteiger partial charge is 0.772 e. The first-order chi connectivity index (χ1) is 13.5. The first kappa shape index (κ1) is 21.2. The first-order valence-corrected chi connectivity index (χ1v) is 11.8. The Morgan fingerprint density at radius 3 is 2.79 bits per heavy atom. The summed E-state index contributed by atoms with van der Waals surface area (Å²) in [4.78, 5) is 17.1. The standard InChI is InChI=1S/C20H23ClN2O3S2/c21-18-13-16(7-6-15(18)8-11-28(25)26)17(12-14-4-2-1-3-5-14)19(24)23-20-22-9-10-27-20/h6-7,9-10,12-14H,1-5,8,11H2,(H,25,26)(H,22,23,24)/p-1/b17-12+. The van der Waals surface area contributed by atoms with Crippen molar-refractivity contribution in [2.24, 2.45) is 5.92 Å². The summed E-state index contributed by atoms with van der Waals surface area (Å²) in [5, 5.41) is 5.70. The second-order valence-corrected chi connectivity index (χ2v) is 9.15. The monoisotopic (exact) mass is 437 g/mol. The van der Waals surface area contributed by atoms with Crippen LogP contribution in [0.15, 0.2) is 35.9 Å². The van der Waals surface area contributed by atoms with Crippen LogP contribution in [-0.2, 0) is 22.3 Å². The van der Waals surface area contributed by atoms with E-state index in [1.54, 1.807) is 18.3 Å². The highest BCUT2D eigenvalue weighted by Crippen LogP contribution is 2.30. The van der Waals surface area contributed by atoms with E-state index in [2.05, 4.69) is 16.4 Å². The predicted octanol–water partition coefficient (Wildman–Crippen LogP) is 4.82. The van der Waals surface area contributed by atoms with Gasteiger partial charge in [0.15, 0.2) is 5.13 Å². The number of halogens is 1. The zero-order chi connectivity index (χ0) is 19.9. The molecule has 1 aliphatic carbocycles. The lowest BCUT2D eigenvalue weighted by molar-refractivity contribution is -0.111. The molecule has 1 aromatic heterocycles. The van der Waals surface area contributed by atoms with Crippen molar-refractivity contribution >= 4 is 50.6 Å². The third-order valence-corrected chi connectivity index (χ3v) is 6.43. The normalized spacial score (nSPS) is 16.7. The van der Waals surface area contributed by atoms with Crippen molar-refractivity contribution in [1.82, 2.24) is 4.98 Å². The summed E-state index contributed by atoms with van der Waals surface area (Å²) in [5.41, 5.74) is 2.08. The van der Waals surface area contributed by atoms with Gasteiger partial charge in [0, 0.05) is 27.9 Å². The van der Waals surface area contributed by atoms with Gasteiger partial charge < -0.3 is 4.55 Å². The van der Waals surface area contributed by atoms with Crippen molar-refractivity contribution in [3.8, 4) is 0 Å². The Hall–Kier alpha value is -1.54. The fourth-order valence-corrected chi connectivity index (χ4v) is 4.59. The number of rotatable bonds is 7. The zero-order valence-corrected chi connectivity index (χ0v) is 17.7. The van der Waals surface area contributed by atoms with E-state index in [1.807, 2.05) is 11.4 Å². The van der Waals surface area contributed by atoms with Crippen molar-refractivity contribution in [2.75, 3.05) is 11.1 Å². The molecule has 150 valence electrons. The van der Waals surface area contributed by atoms with Crippen LogP contribution in [-0.4, -0.2) is 25.4 Å². The molecule has 8 heteroatoms. The van der Waals surface area contributed by atoms with Crippen molar-refractivity contribution in [3.05, 3.63) is 52.0 Å². The van der Waals surface area contributed by atoms with Crippen molar-refractivity contribution < 1.29 is 13.6 Å². The molecule has 0 radical (unpaired) electrons. The molecule has 1 N–H and O–H groups in total. The topological polar surface area (TPSA) is 82.1 Å². The van der Waals surface area contributed by atoms with Crippen LogP contribution in [0.1, 0.15) is 43.2 Å². The van der Waals surface area contributed by atoms with Gasteiger partial charge in [0.25, 0.3) is 5.91 Å². The van der Waals surface area contributed by atoms with Crippen molar-refractivity contribution in [1.29, 1.82) is 0 Å². The number of thiazole rings is 1. The fraction of sp³-hybridized carbons (Fsp3) is 0.400. The van der Waals surface area contributed by atoms with Crippen molar-refractivity contribution in [2.45, 2.75) is 38.5 Å². The molecule has 3 rings (SSSR count). The number of aryl methyl sites for hydroxylation is 1. The Bertz CT molecular complexity index is 862. The van der Waals surface area contributed by atoms with E-state index in [-0.39, 0.29) is 11.7 Å². The Labute approximate surface area is 176 Å². The number of carbonyl (C=O) groups excluding carboxylic acids is 1. The van der Waals surface area contributed by atoms with E-state index in [1.165, 1.54) is 30.6 Å². The molecule has 1 atom stereocenters. The molecule has 0 aliphatic heterocycles. The van der Waals surface area contributed by atoms with Gasteiger partial charge in [-0.3, -0.25) is 14.3 Å². The van der Waals surface area contributed by atoms with Crippen LogP contribution in [0.5, 0.6) is 0 Å². The maximum Gasteiger partial charge on any atom is 0.257 e. The van der Waals surface area contributed by atoms with Crippen LogP contribution in [0.2, 0.25) is 5.02 Å². The number of amides is 1. The zero-order valence-electron chi connectivity index (χ0n) is 15.4. The summed E-state index contributed by atoms with van der Waals surface area (Å²) in [6, 6.07) is 5.39. The molecule has 1 amide bonds. The summed E-state index contributed by atoms with van der Waals surface area (Å²) >= 11 is 5.64. The number of allylic oxidation sites excluding steroid dienone is 1. The van der Waals surface area contributed by atoms with E-state index < -0.39 is 11.1 Å².